The molecule has 2 aromatic carbocycles. The van der Waals surface area contributed by atoms with Gasteiger partial charge in [-0.15, -0.1) is 0 Å². The van der Waals surface area contributed by atoms with E-state index in [1.807, 2.05) is 13.0 Å². The molecule has 0 aliphatic carbocycles. The third-order valence-electron chi connectivity index (χ3n) is 5.30. The summed E-state index contributed by atoms with van der Waals surface area (Å²) in [5.41, 5.74) is 2.62. The second kappa shape index (κ2) is 9.17. The summed E-state index contributed by atoms with van der Waals surface area (Å²) >= 11 is 0. The average Bonchev–Trinajstić information content (AvgIpc) is 2.70. The van der Waals surface area contributed by atoms with E-state index in [9.17, 15) is 9.18 Å². The average molecular weight is 385 g/mol. The Morgan fingerprint density at radius 3 is 2.57 bits per heavy atom. The predicted octanol–water partition coefficient (Wildman–Crippen LogP) is 3.29. The van der Waals surface area contributed by atoms with Gasteiger partial charge in [-0.25, -0.2) is 4.39 Å². The molecule has 1 atom stereocenters. The van der Waals surface area contributed by atoms with Crippen molar-refractivity contribution < 1.29 is 13.9 Å². The highest BCUT2D eigenvalue weighted by molar-refractivity contribution is 5.94. The monoisotopic (exact) mass is 385 g/mol. The smallest absolute Gasteiger partial charge is 0.241 e. The molecule has 1 amide bonds. The summed E-state index contributed by atoms with van der Waals surface area (Å²) in [6.07, 6.45) is 0. The van der Waals surface area contributed by atoms with Crippen LogP contribution in [0.1, 0.15) is 18.1 Å². The quantitative estimate of drug-likeness (QED) is 0.829. The fraction of sp³-hybridized carbons (Fsp3) is 0.409. The number of benzene rings is 2. The number of para-hydroxylation sites is 1. The molecule has 1 fully saturated rings. The number of amides is 1. The van der Waals surface area contributed by atoms with Crippen LogP contribution in [0, 0.1) is 12.7 Å². The standard InChI is InChI=1S/C22H28FN3O2/c1-16-8-9-21(28-3)18(14-16)15-25-10-12-26(13-11-25)17(2)22(27)24-20-7-5-4-6-19(20)23/h4-9,14,17H,10-13,15H2,1-3H3,(H,24,27). The molecule has 0 radical (unpaired) electrons. The number of carbonyl (C=O) groups is 1. The third-order valence-corrected chi connectivity index (χ3v) is 5.30. The largest absolute Gasteiger partial charge is 0.496 e. The van der Waals surface area contributed by atoms with E-state index < -0.39 is 5.82 Å². The number of methoxy groups -OCH3 is 1. The van der Waals surface area contributed by atoms with Crippen LogP contribution in [0.3, 0.4) is 0 Å². The van der Waals surface area contributed by atoms with Crippen LogP contribution in [0.15, 0.2) is 42.5 Å². The van der Waals surface area contributed by atoms with Crippen LogP contribution in [0.4, 0.5) is 10.1 Å². The first-order valence-electron chi connectivity index (χ1n) is 9.63. The maximum atomic E-state index is 13.8. The zero-order valence-electron chi connectivity index (χ0n) is 16.7. The van der Waals surface area contributed by atoms with E-state index >= 15 is 0 Å². The first kappa shape index (κ1) is 20.3. The van der Waals surface area contributed by atoms with E-state index in [0.29, 0.717) is 0 Å². The van der Waals surface area contributed by atoms with E-state index in [-0.39, 0.29) is 17.6 Å². The number of nitrogens with zero attached hydrogens (tertiary/aromatic N) is 2. The van der Waals surface area contributed by atoms with Crippen molar-refractivity contribution in [2.75, 3.05) is 38.6 Å². The highest BCUT2D eigenvalue weighted by Gasteiger charge is 2.26. The van der Waals surface area contributed by atoms with Gasteiger partial charge in [0, 0.05) is 38.3 Å². The molecular weight excluding hydrogens is 357 g/mol. The molecule has 28 heavy (non-hydrogen) atoms. The van der Waals surface area contributed by atoms with Gasteiger partial charge in [-0.1, -0.05) is 29.8 Å². The summed E-state index contributed by atoms with van der Waals surface area (Å²) in [6, 6.07) is 12.2. The van der Waals surface area contributed by atoms with E-state index in [4.69, 9.17) is 4.74 Å². The predicted molar refractivity (Wildman–Crippen MR) is 109 cm³/mol. The summed E-state index contributed by atoms with van der Waals surface area (Å²) in [5, 5.41) is 2.69. The zero-order chi connectivity index (χ0) is 20.1. The lowest BCUT2D eigenvalue weighted by Crippen LogP contribution is -2.52. The van der Waals surface area contributed by atoms with Crippen molar-refractivity contribution in [3.05, 3.63) is 59.4 Å². The van der Waals surface area contributed by atoms with Crippen LogP contribution in [-0.2, 0) is 11.3 Å². The van der Waals surface area contributed by atoms with Gasteiger partial charge < -0.3 is 10.1 Å². The third kappa shape index (κ3) is 4.88. The Balaban J connectivity index is 1.54. The molecule has 0 spiro atoms. The number of hydrogen-bond acceptors (Lipinski definition) is 4. The molecule has 0 aromatic heterocycles. The summed E-state index contributed by atoms with van der Waals surface area (Å²) in [7, 11) is 1.70. The van der Waals surface area contributed by atoms with Crippen LogP contribution < -0.4 is 10.1 Å². The number of hydrogen-bond donors (Lipinski definition) is 1. The summed E-state index contributed by atoms with van der Waals surface area (Å²) in [5.74, 6) is 0.310. The van der Waals surface area contributed by atoms with Crippen LogP contribution in [0.25, 0.3) is 0 Å². The summed E-state index contributed by atoms with van der Waals surface area (Å²) in [4.78, 5) is 17.0. The molecule has 1 saturated heterocycles. The maximum absolute atomic E-state index is 13.8. The van der Waals surface area contributed by atoms with Gasteiger partial charge in [0.15, 0.2) is 0 Å². The Hall–Kier alpha value is -2.44. The van der Waals surface area contributed by atoms with Crippen molar-refractivity contribution in [1.82, 2.24) is 9.80 Å². The van der Waals surface area contributed by atoms with Gasteiger partial charge >= 0.3 is 0 Å². The van der Waals surface area contributed by atoms with Crippen molar-refractivity contribution in [2.45, 2.75) is 26.4 Å². The maximum Gasteiger partial charge on any atom is 0.241 e. The van der Waals surface area contributed by atoms with Gasteiger partial charge in [-0.3, -0.25) is 14.6 Å². The molecule has 150 valence electrons. The normalized spacial score (nSPS) is 16.6. The highest BCUT2D eigenvalue weighted by Crippen LogP contribution is 2.22. The van der Waals surface area contributed by atoms with Gasteiger partial charge in [0.25, 0.3) is 0 Å². The molecule has 0 saturated carbocycles. The van der Waals surface area contributed by atoms with Crippen molar-refractivity contribution in [3.63, 3.8) is 0 Å². The SMILES string of the molecule is COc1ccc(C)cc1CN1CCN(C(C)C(=O)Nc2ccccc2F)CC1. The Labute approximate surface area is 166 Å². The van der Waals surface area contributed by atoms with Gasteiger partial charge in [-0.05, 0) is 32.0 Å². The molecule has 1 N–H and O–H groups in total. The molecule has 5 nitrogen and oxygen atoms in total. The van der Waals surface area contributed by atoms with E-state index in [2.05, 4.69) is 34.2 Å². The number of anilines is 1. The lowest BCUT2D eigenvalue weighted by molar-refractivity contribution is -0.121. The van der Waals surface area contributed by atoms with E-state index in [1.165, 1.54) is 17.2 Å². The molecule has 6 heteroatoms. The molecular formula is C22H28FN3O2. The van der Waals surface area contributed by atoms with Gasteiger partial charge in [-0.2, -0.15) is 0 Å². The molecule has 2 aromatic rings. The summed E-state index contributed by atoms with van der Waals surface area (Å²) < 4.78 is 19.2. The zero-order valence-corrected chi connectivity index (χ0v) is 16.7. The highest BCUT2D eigenvalue weighted by atomic mass is 19.1. The van der Waals surface area contributed by atoms with Crippen LogP contribution in [0.2, 0.25) is 0 Å². The van der Waals surface area contributed by atoms with Crippen molar-refractivity contribution >= 4 is 11.6 Å². The molecule has 3 rings (SSSR count). The number of ether oxygens (including phenoxy) is 1. The topological polar surface area (TPSA) is 44.8 Å². The second-order valence-electron chi connectivity index (χ2n) is 7.27. The Morgan fingerprint density at radius 2 is 1.89 bits per heavy atom. The van der Waals surface area contributed by atoms with Gasteiger partial charge in [0.05, 0.1) is 18.8 Å². The second-order valence-corrected chi connectivity index (χ2v) is 7.27. The molecule has 1 unspecified atom stereocenters. The van der Waals surface area contributed by atoms with Crippen LogP contribution >= 0.6 is 0 Å². The van der Waals surface area contributed by atoms with Crippen LogP contribution in [0.5, 0.6) is 5.75 Å². The fourth-order valence-electron chi connectivity index (χ4n) is 3.55. The first-order valence-corrected chi connectivity index (χ1v) is 9.63. The van der Waals surface area contributed by atoms with Crippen molar-refractivity contribution in [1.29, 1.82) is 0 Å². The number of nitrogens with one attached hydrogen (secondary N) is 1. The Bertz CT molecular complexity index is 819. The minimum Gasteiger partial charge on any atom is -0.496 e. The van der Waals surface area contributed by atoms with E-state index in [1.54, 1.807) is 25.3 Å². The molecule has 1 heterocycles. The lowest BCUT2D eigenvalue weighted by Gasteiger charge is -2.37. The van der Waals surface area contributed by atoms with Gasteiger partial charge in [0.1, 0.15) is 11.6 Å². The van der Waals surface area contributed by atoms with Crippen molar-refractivity contribution in [3.8, 4) is 5.75 Å². The lowest BCUT2D eigenvalue weighted by atomic mass is 10.1. The number of rotatable bonds is 6. The van der Waals surface area contributed by atoms with Gasteiger partial charge in [0.2, 0.25) is 5.91 Å². The number of piperazine rings is 1. The molecule has 1 aliphatic heterocycles. The van der Waals surface area contributed by atoms with E-state index in [0.717, 1.165) is 38.5 Å². The number of aryl methyl sites for hydroxylation is 1. The minimum atomic E-state index is -0.417. The number of halogens is 1. The van der Waals surface area contributed by atoms with Crippen LogP contribution in [-0.4, -0.2) is 55.0 Å². The first-order chi connectivity index (χ1) is 13.5. The Morgan fingerprint density at radius 1 is 1.18 bits per heavy atom. The summed E-state index contributed by atoms with van der Waals surface area (Å²) in [6.45, 7) is 8.10. The minimum absolute atomic E-state index is 0.182. The molecule has 0 bridgehead atoms. The fourth-order valence-corrected chi connectivity index (χ4v) is 3.55. The molecule has 1 aliphatic rings. The number of carbonyl (C=O) groups excluding carboxylic acids is 1. The van der Waals surface area contributed by atoms with Crippen molar-refractivity contribution in [2.24, 2.45) is 0 Å². The Kier molecular flexibility index (Phi) is 6.65.